The van der Waals surface area contributed by atoms with Gasteiger partial charge in [-0.1, -0.05) is 0 Å². The Morgan fingerprint density at radius 2 is 2.35 bits per heavy atom. The number of carbonyl (C=O) groups is 1. The predicted octanol–water partition coefficient (Wildman–Crippen LogP) is 2.80. The summed E-state index contributed by atoms with van der Waals surface area (Å²) < 4.78 is 0. The summed E-state index contributed by atoms with van der Waals surface area (Å²) in [5, 5.41) is 6.41. The topological polar surface area (TPSA) is 41.1 Å². The summed E-state index contributed by atoms with van der Waals surface area (Å²) in [4.78, 5) is 14.5. The molecule has 0 spiro atoms. The minimum atomic E-state index is 0.209. The van der Waals surface area contributed by atoms with E-state index >= 15 is 0 Å². The Labute approximate surface area is 126 Å². The van der Waals surface area contributed by atoms with Crippen molar-refractivity contribution >= 4 is 17.2 Å². The molecule has 1 fully saturated rings. The summed E-state index contributed by atoms with van der Waals surface area (Å²) in [6.45, 7) is 7.40. The molecule has 112 valence electrons. The van der Waals surface area contributed by atoms with Crippen LogP contribution in [0.3, 0.4) is 0 Å². The van der Waals surface area contributed by atoms with Gasteiger partial charge >= 0.3 is 0 Å². The molecule has 1 atom stereocenters. The molecule has 1 aliphatic heterocycles. The lowest BCUT2D eigenvalue weighted by Crippen LogP contribution is -2.26. The molecule has 0 radical (unpaired) electrons. The van der Waals surface area contributed by atoms with Crippen LogP contribution in [0.15, 0.2) is 6.07 Å². The zero-order chi connectivity index (χ0) is 14.4. The number of amides is 1. The fraction of sp³-hybridized carbons (Fsp3) is 0.688. The molecule has 1 aliphatic rings. The van der Waals surface area contributed by atoms with Gasteiger partial charge < -0.3 is 10.6 Å². The molecule has 1 saturated heterocycles. The second-order valence-electron chi connectivity index (χ2n) is 5.79. The molecule has 2 N–H and O–H groups in total. The smallest absolute Gasteiger partial charge is 0.220 e. The first-order chi connectivity index (χ1) is 9.65. The van der Waals surface area contributed by atoms with E-state index in [2.05, 4.69) is 30.5 Å². The molecule has 0 aliphatic carbocycles. The van der Waals surface area contributed by atoms with E-state index in [1.165, 1.54) is 21.7 Å². The zero-order valence-electron chi connectivity index (χ0n) is 12.6. The second kappa shape index (κ2) is 7.79. The summed E-state index contributed by atoms with van der Waals surface area (Å²) in [5.41, 5.74) is 1.41. The first kappa shape index (κ1) is 15.5. The van der Waals surface area contributed by atoms with Gasteiger partial charge in [0, 0.05) is 22.7 Å². The van der Waals surface area contributed by atoms with Gasteiger partial charge in [-0.15, -0.1) is 11.3 Å². The van der Waals surface area contributed by atoms with Gasteiger partial charge in [-0.05, 0) is 70.2 Å². The van der Waals surface area contributed by atoms with Gasteiger partial charge in [0.2, 0.25) is 5.91 Å². The number of hydrogen-bond acceptors (Lipinski definition) is 3. The number of rotatable bonds is 7. The van der Waals surface area contributed by atoms with Crippen LogP contribution < -0.4 is 10.6 Å². The third kappa shape index (κ3) is 4.91. The van der Waals surface area contributed by atoms with Crippen molar-refractivity contribution in [3.8, 4) is 0 Å². The first-order valence-corrected chi connectivity index (χ1v) is 8.50. The predicted molar refractivity (Wildman–Crippen MR) is 85.3 cm³/mol. The van der Waals surface area contributed by atoms with Gasteiger partial charge in [0.15, 0.2) is 0 Å². The SMILES string of the molecule is Cc1cc(CCCC(=O)NCCC2CCNC2)c(C)s1. The van der Waals surface area contributed by atoms with E-state index in [0.29, 0.717) is 6.42 Å². The number of hydrogen-bond donors (Lipinski definition) is 2. The molecule has 1 aromatic heterocycles. The highest BCUT2D eigenvalue weighted by Crippen LogP contribution is 2.22. The van der Waals surface area contributed by atoms with Gasteiger partial charge in [0.25, 0.3) is 0 Å². The Balaban J connectivity index is 1.56. The average Bonchev–Trinajstić information content (AvgIpc) is 3.00. The van der Waals surface area contributed by atoms with Crippen LogP contribution >= 0.6 is 11.3 Å². The standard InChI is InChI=1S/C16H26N2OS/c1-12-10-15(13(2)20-12)4-3-5-16(19)18-9-7-14-6-8-17-11-14/h10,14,17H,3-9,11H2,1-2H3,(H,18,19). The van der Waals surface area contributed by atoms with E-state index in [1.54, 1.807) is 0 Å². The van der Waals surface area contributed by atoms with E-state index in [1.807, 2.05) is 11.3 Å². The number of nitrogens with one attached hydrogen (secondary N) is 2. The molecule has 0 bridgehead atoms. The van der Waals surface area contributed by atoms with Crippen LogP contribution in [0.25, 0.3) is 0 Å². The normalized spacial score (nSPS) is 18.4. The van der Waals surface area contributed by atoms with Crippen LogP contribution in [0.1, 0.15) is 41.0 Å². The molecule has 3 nitrogen and oxygen atoms in total. The maximum absolute atomic E-state index is 11.8. The van der Waals surface area contributed by atoms with Crippen LogP contribution in [-0.4, -0.2) is 25.5 Å². The Morgan fingerprint density at radius 1 is 1.50 bits per heavy atom. The Kier molecular flexibility index (Phi) is 6.05. The fourth-order valence-corrected chi connectivity index (χ4v) is 3.81. The van der Waals surface area contributed by atoms with Gasteiger partial charge in [-0.3, -0.25) is 4.79 Å². The van der Waals surface area contributed by atoms with E-state index < -0.39 is 0 Å². The first-order valence-electron chi connectivity index (χ1n) is 7.68. The van der Waals surface area contributed by atoms with Crippen molar-refractivity contribution in [1.29, 1.82) is 0 Å². The molecule has 1 unspecified atom stereocenters. The lowest BCUT2D eigenvalue weighted by atomic mass is 10.1. The summed E-state index contributed by atoms with van der Waals surface area (Å²) in [6.07, 6.45) is 5.00. The van der Waals surface area contributed by atoms with Gasteiger partial charge in [0.05, 0.1) is 0 Å². The van der Waals surface area contributed by atoms with E-state index in [0.717, 1.165) is 44.8 Å². The monoisotopic (exact) mass is 294 g/mol. The van der Waals surface area contributed by atoms with Gasteiger partial charge in [-0.25, -0.2) is 0 Å². The summed E-state index contributed by atoms with van der Waals surface area (Å²) in [6, 6.07) is 2.25. The molecule has 2 rings (SSSR count). The van der Waals surface area contributed by atoms with Crippen molar-refractivity contribution in [3.63, 3.8) is 0 Å². The lowest BCUT2D eigenvalue weighted by Gasteiger charge is -2.09. The van der Waals surface area contributed by atoms with Crippen LogP contribution in [0.5, 0.6) is 0 Å². The van der Waals surface area contributed by atoms with Crippen molar-refractivity contribution in [1.82, 2.24) is 10.6 Å². The summed E-state index contributed by atoms with van der Waals surface area (Å²) >= 11 is 1.85. The maximum atomic E-state index is 11.8. The molecule has 1 aromatic rings. The van der Waals surface area contributed by atoms with Crippen LogP contribution in [0.2, 0.25) is 0 Å². The van der Waals surface area contributed by atoms with E-state index in [9.17, 15) is 4.79 Å². The second-order valence-corrected chi connectivity index (χ2v) is 7.25. The molecule has 1 amide bonds. The lowest BCUT2D eigenvalue weighted by molar-refractivity contribution is -0.121. The number of carbonyl (C=O) groups excluding carboxylic acids is 1. The maximum Gasteiger partial charge on any atom is 0.220 e. The third-order valence-corrected chi connectivity index (χ3v) is 5.04. The van der Waals surface area contributed by atoms with Crippen molar-refractivity contribution in [2.24, 2.45) is 5.92 Å². The Hall–Kier alpha value is -0.870. The number of aryl methyl sites for hydroxylation is 3. The quantitative estimate of drug-likeness (QED) is 0.812. The fourth-order valence-electron chi connectivity index (χ4n) is 2.84. The Bertz CT molecular complexity index is 436. The molecule has 0 aromatic carbocycles. The third-order valence-electron chi connectivity index (χ3n) is 4.03. The minimum Gasteiger partial charge on any atom is -0.356 e. The van der Waals surface area contributed by atoms with Crippen LogP contribution in [0.4, 0.5) is 0 Å². The van der Waals surface area contributed by atoms with Gasteiger partial charge in [0.1, 0.15) is 0 Å². The van der Waals surface area contributed by atoms with Crippen molar-refractivity contribution in [2.75, 3.05) is 19.6 Å². The largest absolute Gasteiger partial charge is 0.356 e. The molecular formula is C16H26N2OS. The Morgan fingerprint density at radius 3 is 3.00 bits per heavy atom. The highest BCUT2D eigenvalue weighted by atomic mass is 32.1. The van der Waals surface area contributed by atoms with E-state index in [-0.39, 0.29) is 5.91 Å². The molecule has 0 saturated carbocycles. The molecule has 4 heteroatoms. The van der Waals surface area contributed by atoms with E-state index in [4.69, 9.17) is 0 Å². The van der Waals surface area contributed by atoms with Crippen LogP contribution in [-0.2, 0) is 11.2 Å². The summed E-state index contributed by atoms with van der Waals surface area (Å²) in [5.74, 6) is 0.965. The zero-order valence-corrected chi connectivity index (χ0v) is 13.4. The van der Waals surface area contributed by atoms with Crippen molar-refractivity contribution in [3.05, 3.63) is 21.4 Å². The minimum absolute atomic E-state index is 0.209. The molecular weight excluding hydrogens is 268 g/mol. The molecule has 20 heavy (non-hydrogen) atoms. The molecule has 2 heterocycles. The summed E-state index contributed by atoms with van der Waals surface area (Å²) in [7, 11) is 0. The van der Waals surface area contributed by atoms with Crippen molar-refractivity contribution < 1.29 is 4.79 Å². The average molecular weight is 294 g/mol. The highest BCUT2D eigenvalue weighted by molar-refractivity contribution is 7.12. The number of thiophene rings is 1. The van der Waals surface area contributed by atoms with Crippen molar-refractivity contribution in [2.45, 2.75) is 46.0 Å². The highest BCUT2D eigenvalue weighted by Gasteiger charge is 2.14. The van der Waals surface area contributed by atoms with Crippen LogP contribution in [0, 0.1) is 19.8 Å². The van der Waals surface area contributed by atoms with Gasteiger partial charge in [-0.2, -0.15) is 0 Å².